The molecular formula is C30H31FN8O2. The van der Waals surface area contributed by atoms with Crippen LogP contribution in [-0.4, -0.2) is 49.1 Å². The molecule has 1 fully saturated rings. The molecular weight excluding hydrogens is 523 g/mol. The van der Waals surface area contributed by atoms with Crippen molar-refractivity contribution in [1.29, 1.82) is 0 Å². The quantitative estimate of drug-likeness (QED) is 0.285. The highest BCUT2D eigenvalue weighted by molar-refractivity contribution is 5.91. The van der Waals surface area contributed by atoms with Gasteiger partial charge in [0, 0.05) is 42.4 Å². The minimum Gasteiger partial charge on any atom is -0.370 e. The Labute approximate surface area is 236 Å². The highest BCUT2D eigenvalue weighted by Gasteiger charge is 2.24. The molecule has 1 aromatic carbocycles. The normalized spacial score (nSPS) is 14.0. The third-order valence-electron chi connectivity index (χ3n) is 7.18. The molecule has 0 spiro atoms. The van der Waals surface area contributed by atoms with Crippen LogP contribution in [0.5, 0.6) is 0 Å². The fourth-order valence-corrected chi connectivity index (χ4v) is 4.87. The van der Waals surface area contributed by atoms with E-state index in [1.807, 2.05) is 39.1 Å². The van der Waals surface area contributed by atoms with E-state index in [9.17, 15) is 4.79 Å². The van der Waals surface area contributed by atoms with Gasteiger partial charge in [-0.15, -0.1) is 0 Å². The van der Waals surface area contributed by atoms with E-state index >= 15 is 4.39 Å². The summed E-state index contributed by atoms with van der Waals surface area (Å²) in [5, 5.41) is 6.39. The molecule has 41 heavy (non-hydrogen) atoms. The largest absolute Gasteiger partial charge is 0.370 e. The molecule has 1 saturated heterocycles. The third kappa shape index (κ3) is 5.52. The van der Waals surface area contributed by atoms with Gasteiger partial charge in [0.05, 0.1) is 17.4 Å². The summed E-state index contributed by atoms with van der Waals surface area (Å²) in [5.41, 5.74) is 4.40. The zero-order valence-corrected chi connectivity index (χ0v) is 23.2. The fraction of sp³-hybridized carbons (Fsp3) is 0.333. The number of amides is 1. The first-order valence-corrected chi connectivity index (χ1v) is 13.7. The number of hydrogen-bond acceptors (Lipinski definition) is 8. The molecule has 0 bridgehead atoms. The molecule has 0 radical (unpaired) electrons. The summed E-state index contributed by atoms with van der Waals surface area (Å²) in [7, 11) is 0. The summed E-state index contributed by atoms with van der Waals surface area (Å²) < 4.78 is 20.3. The maximum Gasteiger partial charge on any atom is 0.292 e. The Bertz CT molecular complexity index is 1700. The number of halogens is 1. The molecule has 4 aromatic heterocycles. The summed E-state index contributed by atoms with van der Waals surface area (Å²) in [6.45, 7) is 7.80. The number of hydrogen-bond donors (Lipinski definition) is 2. The molecule has 0 unspecified atom stereocenters. The highest BCUT2D eigenvalue weighted by atomic mass is 19.1. The van der Waals surface area contributed by atoms with Crippen LogP contribution >= 0.6 is 0 Å². The molecule has 6 rings (SSSR count). The number of nitrogens with one attached hydrogen (secondary N) is 2. The maximum absolute atomic E-state index is 15.2. The van der Waals surface area contributed by atoms with Gasteiger partial charge in [0.1, 0.15) is 11.5 Å². The van der Waals surface area contributed by atoms with Crippen LogP contribution in [-0.2, 0) is 12.0 Å². The van der Waals surface area contributed by atoms with Crippen LogP contribution in [0.15, 0.2) is 53.3 Å². The Kier molecular flexibility index (Phi) is 6.94. The number of benzene rings is 1. The Morgan fingerprint density at radius 1 is 1.07 bits per heavy atom. The van der Waals surface area contributed by atoms with Gasteiger partial charge in [-0.2, -0.15) is 4.98 Å². The molecule has 0 saturated carbocycles. The lowest BCUT2D eigenvalue weighted by Crippen LogP contribution is -2.29. The van der Waals surface area contributed by atoms with E-state index in [0.717, 1.165) is 24.3 Å². The third-order valence-corrected chi connectivity index (χ3v) is 7.18. The second-order valence-electron chi connectivity index (χ2n) is 11.3. The first kappa shape index (κ1) is 26.5. The summed E-state index contributed by atoms with van der Waals surface area (Å²) in [6.07, 6.45) is 7.22. The summed E-state index contributed by atoms with van der Waals surface area (Å²) in [6, 6.07) is 10.7. The van der Waals surface area contributed by atoms with Crippen LogP contribution in [0.2, 0.25) is 0 Å². The van der Waals surface area contributed by atoms with Gasteiger partial charge in [-0.1, -0.05) is 38.1 Å². The van der Waals surface area contributed by atoms with Crippen molar-refractivity contribution < 1.29 is 13.7 Å². The van der Waals surface area contributed by atoms with Crippen molar-refractivity contribution in [3.05, 3.63) is 71.9 Å². The molecule has 1 aliphatic rings. The smallest absolute Gasteiger partial charge is 0.292 e. The number of anilines is 1. The number of H-pyrrole nitrogens is 1. The minimum absolute atomic E-state index is 0.0244. The number of carbonyl (C=O) groups excluding carboxylic acids is 1. The monoisotopic (exact) mass is 554 g/mol. The first-order valence-electron chi connectivity index (χ1n) is 13.7. The minimum atomic E-state index is -0.536. The second kappa shape index (κ2) is 10.7. The highest BCUT2D eigenvalue weighted by Crippen LogP contribution is 2.30. The predicted molar refractivity (Wildman–Crippen MR) is 153 cm³/mol. The maximum atomic E-state index is 15.2. The van der Waals surface area contributed by atoms with Gasteiger partial charge in [0.15, 0.2) is 11.5 Å². The lowest BCUT2D eigenvalue weighted by Gasteiger charge is -2.28. The van der Waals surface area contributed by atoms with Crippen LogP contribution in [0.3, 0.4) is 0 Å². The van der Waals surface area contributed by atoms with Gasteiger partial charge in [-0.05, 0) is 49.1 Å². The van der Waals surface area contributed by atoms with E-state index in [-0.39, 0.29) is 17.8 Å². The van der Waals surface area contributed by atoms with Gasteiger partial charge in [0.2, 0.25) is 5.89 Å². The molecule has 5 heterocycles. The van der Waals surface area contributed by atoms with Crippen LogP contribution in [0.4, 0.5) is 10.1 Å². The topological polar surface area (TPSA) is 126 Å². The van der Waals surface area contributed by atoms with Crippen molar-refractivity contribution in [2.75, 3.05) is 18.0 Å². The molecule has 2 N–H and O–H groups in total. The number of aromatic amines is 1. The molecule has 210 valence electrons. The van der Waals surface area contributed by atoms with E-state index in [4.69, 9.17) is 4.52 Å². The second-order valence-corrected chi connectivity index (χ2v) is 11.3. The average Bonchev–Trinajstić information content (AvgIpc) is 3.65. The zero-order valence-electron chi connectivity index (χ0n) is 23.2. The molecule has 1 amide bonds. The Hall–Kier alpha value is -4.67. The van der Waals surface area contributed by atoms with Crippen molar-refractivity contribution in [1.82, 2.24) is 35.4 Å². The summed E-state index contributed by atoms with van der Waals surface area (Å²) in [5.74, 6) is -0.121. The van der Waals surface area contributed by atoms with Crippen LogP contribution in [0, 0.1) is 5.82 Å². The van der Waals surface area contributed by atoms with E-state index in [2.05, 4.69) is 46.4 Å². The molecule has 1 aliphatic heterocycles. The Balaban J connectivity index is 1.19. The lowest BCUT2D eigenvalue weighted by molar-refractivity contribution is 0.0937. The number of rotatable bonds is 6. The van der Waals surface area contributed by atoms with E-state index in [0.29, 0.717) is 39.7 Å². The number of nitrogens with zero attached hydrogens (tertiary/aromatic N) is 6. The van der Waals surface area contributed by atoms with Gasteiger partial charge < -0.3 is 19.7 Å². The van der Waals surface area contributed by atoms with Crippen molar-refractivity contribution in [3.63, 3.8) is 0 Å². The number of aromatic nitrogens is 6. The van der Waals surface area contributed by atoms with Crippen LogP contribution < -0.4 is 10.2 Å². The zero-order chi connectivity index (χ0) is 28.6. The summed E-state index contributed by atoms with van der Waals surface area (Å²) >= 11 is 0. The molecule has 11 heteroatoms. The summed E-state index contributed by atoms with van der Waals surface area (Å²) in [4.78, 5) is 36.0. The van der Waals surface area contributed by atoms with Crippen molar-refractivity contribution in [2.24, 2.45) is 0 Å². The number of pyridine rings is 2. The molecule has 0 aliphatic carbocycles. The van der Waals surface area contributed by atoms with Gasteiger partial charge in [-0.3, -0.25) is 9.78 Å². The van der Waals surface area contributed by atoms with Gasteiger partial charge >= 0.3 is 0 Å². The SMILES string of the molecule is CC(C)(C)c1nc(C(=O)NCc2ccc(-c3ccnc4nc(-c5ccc(N6CCCCC6)cn5)[nH]c34)cc2F)no1. The first-order chi connectivity index (χ1) is 19.8. The average molecular weight is 555 g/mol. The number of fused-ring (bicyclic) bond motifs is 1. The Morgan fingerprint density at radius 2 is 1.90 bits per heavy atom. The number of piperidine rings is 1. The van der Waals surface area contributed by atoms with Gasteiger partial charge in [-0.25, -0.2) is 14.4 Å². The fourth-order valence-electron chi connectivity index (χ4n) is 4.87. The van der Waals surface area contributed by atoms with Crippen molar-refractivity contribution in [3.8, 4) is 22.6 Å². The van der Waals surface area contributed by atoms with E-state index in [1.54, 1.807) is 18.3 Å². The van der Waals surface area contributed by atoms with Crippen molar-refractivity contribution >= 4 is 22.8 Å². The van der Waals surface area contributed by atoms with Crippen molar-refractivity contribution in [2.45, 2.75) is 52.0 Å². The standard InChI is InChI=1S/C30H31FN8O2/c1-30(2,3)29-37-27(38-41-29)28(40)34-16-19-8-7-18(15-22(19)31)21-11-12-32-26-24(21)35-25(36-26)23-10-9-20(17-33-23)39-13-5-4-6-14-39/h7-12,15,17H,4-6,13-14,16H2,1-3H3,(H,34,40)(H,32,35,36). The van der Waals surface area contributed by atoms with Gasteiger partial charge in [0.25, 0.3) is 11.7 Å². The van der Waals surface area contributed by atoms with Crippen LogP contribution in [0.1, 0.15) is 62.1 Å². The Morgan fingerprint density at radius 3 is 2.61 bits per heavy atom. The lowest BCUT2D eigenvalue weighted by atomic mass is 9.97. The number of imidazole rings is 1. The van der Waals surface area contributed by atoms with E-state index in [1.165, 1.54) is 25.3 Å². The number of carbonyl (C=O) groups is 1. The molecule has 5 aromatic rings. The molecule has 0 atom stereocenters. The van der Waals surface area contributed by atoms with Crippen LogP contribution in [0.25, 0.3) is 33.8 Å². The molecule has 10 nitrogen and oxygen atoms in total. The predicted octanol–water partition coefficient (Wildman–Crippen LogP) is 5.43. The van der Waals surface area contributed by atoms with E-state index < -0.39 is 11.7 Å².